The van der Waals surface area contributed by atoms with Crippen molar-refractivity contribution in [2.24, 2.45) is 0 Å². The number of halogens is 1. The number of aromatic nitrogens is 2. The van der Waals surface area contributed by atoms with Crippen LogP contribution in [0, 0.1) is 5.82 Å². The van der Waals surface area contributed by atoms with Crippen molar-refractivity contribution in [2.75, 3.05) is 44.2 Å². The van der Waals surface area contributed by atoms with Gasteiger partial charge in [0.05, 0.1) is 11.4 Å². The van der Waals surface area contributed by atoms with Gasteiger partial charge in [0.15, 0.2) is 0 Å². The van der Waals surface area contributed by atoms with Gasteiger partial charge >= 0.3 is 0 Å². The monoisotopic (exact) mass is 433 g/mol. The number of benzene rings is 2. The van der Waals surface area contributed by atoms with E-state index in [9.17, 15) is 9.18 Å². The molecule has 6 nitrogen and oxygen atoms in total. The van der Waals surface area contributed by atoms with Crippen molar-refractivity contribution < 1.29 is 9.18 Å². The fraction of sp³-hybridized carbons (Fsp3) is 0.360. The van der Waals surface area contributed by atoms with Gasteiger partial charge in [0.25, 0.3) is 5.91 Å². The Morgan fingerprint density at radius 2 is 1.81 bits per heavy atom. The molecule has 166 valence electrons. The van der Waals surface area contributed by atoms with Gasteiger partial charge in [-0.1, -0.05) is 18.2 Å². The first-order valence-corrected chi connectivity index (χ1v) is 11.3. The molecule has 1 aromatic heterocycles. The zero-order valence-corrected chi connectivity index (χ0v) is 18.1. The highest BCUT2D eigenvalue weighted by atomic mass is 19.1. The molecular weight excluding hydrogens is 405 g/mol. The maximum atomic E-state index is 14.1. The summed E-state index contributed by atoms with van der Waals surface area (Å²) in [7, 11) is 0. The Morgan fingerprint density at radius 1 is 0.969 bits per heavy atom. The standard InChI is InChI=1S/C25H28FN5O/c26-23-9-1-2-10-24(23)29-16-14-28(15-17-29)22-8-4-12-30(19-22)25(32)20-6-3-7-21(18-20)31-13-5-11-27-31/h1-3,5-7,9-11,13,18,22H,4,8,12,14-17,19H2/t22-/m1/s1. The second kappa shape index (κ2) is 9.12. The van der Waals surface area contributed by atoms with Gasteiger partial charge in [0.1, 0.15) is 5.82 Å². The zero-order chi connectivity index (χ0) is 21.9. The molecule has 2 aliphatic rings. The number of para-hydroxylation sites is 1. The van der Waals surface area contributed by atoms with Gasteiger partial charge in [-0.15, -0.1) is 0 Å². The van der Waals surface area contributed by atoms with E-state index in [0.717, 1.165) is 57.8 Å². The van der Waals surface area contributed by atoms with Crippen molar-refractivity contribution in [1.29, 1.82) is 0 Å². The average molecular weight is 434 g/mol. The quantitative estimate of drug-likeness (QED) is 0.632. The van der Waals surface area contributed by atoms with Crippen LogP contribution in [0.25, 0.3) is 5.69 Å². The SMILES string of the molecule is O=C(c1cccc(-n2cccn2)c1)N1CCC[C@@H](N2CCN(c3ccccc3F)CC2)C1. The number of carbonyl (C=O) groups excluding carboxylic acids is 1. The van der Waals surface area contributed by atoms with Gasteiger partial charge < -0.3 is 9.80 Å². The molecule has 2 aromatic carbocycles. The Hall–Kier alpha value is -3.19. The second-order valence-electron chi connectivity index (χ2n) is 8.52. The molecule has 5 rings (SSSR count). The molecule has 32 heavy (non-hydrogen) atoms. The first-order valence-electron chi connectivity index (χ1n) is 11.3. The third-order valence-electron chi connectivity index (χ3n) is 6.57. The van der Waals surface area contributed by atoms with Crippen molar-refractivity contribution in [3.8, 4) is 5.69 Å². The van der Waals surface area contributed by atoms with Crippen molar-refractivity contribution in [2.45, 2.75) is 18.9 Å². The summed E-state index contributed by atoms with van der Waals surface area (Å²) in [6, 6.07) is 16.9. The fourth-order valence-electron chi connectivity index (χ4n) is 4.86. The third kappa shape index (κ3) is 4.25. The van der Waals surface area contributed by atoms with E-state index in [0.29, 0.717) is 17.3 Å². The van der Waals surface area contributed by atoms with Gasteiger partial charge in [-0.2, -0.15) is 5.10 Å². The number of likely N-dealkylation sites (tertiary alicyclic amines) is 1. The molecule has 1 amide bonds. The number of amides is 1. The Morgan fingerprint density at radius 3 is 2.59 bits per heavy atom. The minimum Gasteiger partial charge on any atom is -0.367 e. The highest BCUT2D eigenvalue weighted by Gasteiger charge is 2.30. The maximum absolute atomic E-state index is 14.1. The predicted molar refractivity (Wildman–Crippen MR) is 123 cm³/mol. The highest BCUT2D eigenvalue weighted by Crippen LogP contribution is 2.24. The molecule has 0 spiro atoms. The summed E-state index contributed by atoms with van der Waals surface area (Å²) in [5.74, 6) is -0.0820. The van der Waals surface area contributed by atoms with Crippen molar-refractivity contribution in [3.05, 3.63) is 78.4 Å². The number of hydrogen-bond acceptors (Lipinski definition) is 4. The van der Waals surface area contributed by atoms with E-state index in [1.165, 1.54) is 6.07 Å². The summed E-state index contributed by atoms with van der Waals surface area (Å²) in [5, 5.41) is 4.26. The van der Waals surface area contributed by atoms with Crippen LogP contribution in [0.15, 0.2) is 67.0 Å². The van der Waals surface area contributed by atoms with E-state index < -0.39 is 0 Å². The summed E-state index contributed by atoms with van der Waals surface area (Å²) >= 11 is 0. The lowest BCUT2D eigenvalue weighted by molar-refractivity contribution is 0.0563. The second-order valence-corrected chi connectivity index (χ2v) is 8.52. The van der Waals surface area contributed by atoms with E-state index in [2.05, 4.69) is 14.9 Å². The summed E-state index contributed by atoms with van der Waals surface area (Å²) in [6.07, 6.45) is 5.71. The van der Waals surface area contributed by atoms with Crippen LogP contribution in [-0.2, 0) is 0 Å². The van der Waals surface area contributed by atoms with Crippen LogP contribution in [0.4, 0.5) is 10.1 Å². The molecule has 1 atom stereocenters. The molecule has 7 heteroatoms. The molecule has 2 fully saturated rings. The molecule has 0 aliphatic carbocycles. The molecule has 0 bridgehead atoms. The highest BCUT2D eigenvalue weighted by molar-refractivity contribution is 5.94. The Labute approximate surface area is 187 Å². The van der Waals surface area contributed by atoms with Crippen LogP contribution in [0.2, 0.25) is 0 Å². The van der Waals surface area contributed by atoms with Gasteiger partial charge in [-0.3, -0.25) is 9.69 Å². The van der Waals surface area contributed by atoms with Crippen LogP contribution in [0.5, 0.6) is 0 Å². The lowest BCUT2D eigenvalue weighted by Crippen LogP contribution is -2.56. The minimum atomic E-state index is -0.160. The van der Waals surface area contributed by atoms with Gasteiger partial charge in [-0.25, -0.2) is 9.07 Å². The van der Waals surface area contributed by atoms with Crippen molar-refractivity contribution >= 4 is 11.6 Å². The average Bonchev–Trinajstić information content (AvgIpc) is 3.39. The van der Waals surface area contributed by atoms with E-state index >= 15 is 0 Å². The van der Waals surface area contributed by atoms with Crippen LogP contribution >= 0.6 is 0 Å². The van der Waals surface area contributed by atoms with Gasteiger partial charge in [0, 0.05) is 63.3 Å². The molecule has 0 unspecified atom stereocenters. The number of piperazine rings is 1. The number of nitrogens with zero attached hydrogens (tertiary/aromatic N) is 5. The van der Waals surface area contributed by atoms with Crippen molar-refractivity contribution in [3.63, 3.8) is 0 Å². The van der Waals surface area contributed by atoms with Crippen LogP contribution in [0.3, 0.4) is 0 Å². The number of rotatable bonds is 4. The largest absolute Gasteiger partial charge is 0.367 e. The maximum Gasteiger partial charge on any atom is 0.253 e. The van der Waals surface area contributed by atoms with Crippen LogP contribution in [-0.4, -0.2) is 70.8 Å². The van der Waals surface area contributed by atoms with E-state index in [1.807, 2.05) is 53.6 Å². The molecule has 2 saturated heterocycles. The van der Waals surface area contributed by atoms with Gasteiger partial charge in [0.2, 0.25) is 0 Å². The minimum absolute atomic E-state index is 0.0775. The summed E-state index contributed by atoms with van der Waals surface area (Å²) in [4.78, 5) is 19.8. The number of anilines is 1. The normalized spacial score (nSPS) is 19.8. The molecule has 0 saturated carbocycles. The van der Waals surface area contributed by atoms with Crippen LogP contribution in [0.1, 0.15) is 23.2 Å². The molecule has 2 aliphatic heterocycles. The number of carbonyl (C=O) groups is 1. The molecule has 3 aromatic rings. The number of hydrogen-bond donors (Lipinski definition) is 0. The summed E-state index contributed by atoms with van der Waals surface area (Å²) in [6.45, 7) is 4.90. The third-order valence-corrected chi connectivity index (χ3v) is 6.57. The smallest absolute Gasteiger partial charge is 0.253 e. The zero-order valence-electron chi connectivity index (χ0n) is 18.1. The van der Waals surface area contributed by atoms with Crippen LogP contribution < -0.4 is 4.90 Å². The topological polar surface area (TPSA) is 44.6 Å². The summed E-state index contributed by atoms with van der Waals surface area (Å²) < 4.78 is 15.9. The molecular formula is C25H28FN5O. The van der Waals surface area contributed by atoms with Crippen molar-refractivity contribution in [1.82, 2.24) is 19.6 Å². The summed E-state index contributed by atoms with van der Waals surface area (Å²) in [5.41, 5.74) is 2.27. The Kier molecular flexibility index (Phi) is 5.90. The predicted octanol–water partition coefficient (Wildman–Crippen LogP) is 3.44. The fourth-order valence-corrected chi connectivity index (χ4v) is 4.86. The Bertz CT molecular complexity index is 1060. The Balaban J connectivity index is 1.22. The van der Waals surface area contributed by atoms with E-state index in [-0.39, 0.29) is 11.7 Å². The first kappa shape index (κ1) is 20.7. The molecule has 0 radical (unpaired) electrons. The molecule has 3 heterocycles. The first-order chi connectivity index (χ1) is 15.7. The lowest BCUT2D eigenvalue weighted by atomic mass is 10.0. The lowest BCUT2D eigenvalue weighted by Gasteiger charge is -2.44. The van der Waals surface area contributed by atoms with Gasteiger partial charge in [-0.05, 0) is 49.2 Å². The van der Waals surface area contributed by atoms with E-state index in [1.54, 1.807) is 16.9 Å². The molecule has 0 N–H and O–H groups in total. The van der Waals surface area contributed by atoms with E-state index in [4.69, 9.17) is 0 Å². The number of piperidine rings is 1.